The van der Waals surface area contributed by atoms with Gasteiger partial charge in [-0.3, -0.25) is 0 Å². The molecule has 1 N–H and O–H groups in total. The van der Waals surface area contributed by atoms with E-state index in [0.717, 1.165) is 25.7 Å². The Labute approximate surface area is 126 Å². The van der Waals surface area contributed by atoms with E-state index in [2.05, 4.69) is 54.6 Å². The second kappa shape index (κ2) is 5.31. The highest BCUT2D eigenvalue weighted by molar-refractivity contribution is 5.31. The van der Waals surface area contributed by atoms with Crippen molar-refractivity contribution in [3.63, 3.8) is 0 Å². The lowest BCUT2D eigenvalue weighted by Gasteiger charge is -2.29. The molecular weight excluding hydrogens is 256 g/mol. The zero-order valence-electron chi connectivity index (χ0n) is 12.3. The molecule has 0 spiro atoms. The first-order valence-electron chi connectivity index (χ1n) is 8.13. The summed E-state index contributed by atoms with van der Waals surface area (Å²) in [6.07, 6.45) is 4.33. The maximum Gasteiger partial charge on any atom is 0.0605 e. The molecule has 0 amide bonds. The SMILES string of the molecule is OC(C1CCc2ccccc2C1)C1CC1c1ccccc1. The standard InChI is InChI=1S/C20H22O/c21-20(19-13-18(19)15-7-2-1-3-8-15)17-11-10-14-6-4-5-9-16(14)12-17/h1-9,17-21H,10-13H2. The smallest absolute Gasteiger partial charge is 0.0605 e. The zero-order chi connectivity index (χ0) is 14.2. The van der Waals surface area contributed by atoms with Crippen molar-refractivity contribution in [2.24, 2.45) is 11.8 Å². The van der Waals surface area contributed by atoms with Gasteiger partial charge in [-0.25, -0.2) is 0 Å². The fourth-order valence-corrected chi connectivity index (χ4v) is 4.04. The monoisotopic (exact) mass is 278 g/mol. The van der Waals surface area contributed by atoms with Gasteiger partial charge in [-0.15, -0.1) is 0 Å². The normalized spacial score (nSPS) is 28.7. The van der Waals surface area contributed by atoms with Crippen molar-refractivity contribution in [3.8, 4) is 0 Å². The lowest BCUT2D eigenvalue weighted by atomic mass is 9.79. The molecule has 4 rings (SSSR count). The van der Waals surface area contributed by atoms with Gasteiger partial charge in [0, 0.05) is 0 Å². The molecular formula is C20H22O. The van der Waals surface area contributed by atoms with Crippen molar-refractivity contribution in [2.45, 2.75) is 37.7 Å². The Kier molecular flexibility index (Phi) is 3.31. The molecule has 2 aromatic carbocycles. The molecule has 0 aromatic heterocycles. The Morgan fingerprint density at radius 2 is 1.62 bits per heavy atom. The Balaban J connectivity index is 1.45. The molecule has 0 aliphatic heterocycles. The van der Waals surface area contributed by atoms with Crippen LogP contribution in [0.4, 0.5) is 0 Å². The van der Waals surface area contributed by atoms with E-state index >= 15 is 0 Å². The lowest BCUT2D eigenvalue weighted by molar-refractivity contribution is 0.0769. The number of aryl methyl sites for hydroxylation is 1. The minimum Gasteiger partial charge on any atom is -0.393 e. The van der Waals surface area contributed by atoms with Gasteiger partial charge in [-0.1, -0.05) is 54.6 Å². The molecule has 1 heteroatoms. The predicted molar refractivity (Wildman–Crippen MR) is 85.3 cm³/mol. The van der Waals surface area contributed by atoms with Gasteiger partial charge in [0.1, 0.15) is 0 Å². The molecule has 0 radical (unpaired) electrons. The fraction of sp³-hybridized carbons (Fsp3) is 0.400. The van der Waals surface area contributed by atoms with Crippen molar-refractivity contribution in [3.05, 3.63) is 71.3 Å². The van der Waals surface area contributed by atoms with E-state index in [4.69, 9.17) is 0 Å². The van der Waals surface area contributed by atoms with Crippen molar-refractivity contribution in [1.29, 1.82) is 0 Å². The van der Waals surface area contributed by atoms with Crippen LogP contribution >= 0.6 is 0 Å². The average molecular weight is 278 g/mol. The molecule has 1 saturated carbocycles. The molecule has 4 unspecified atom stereocenters. The van der Waals surface area contributed by atoms with Gasteiger partial charge in [-0.2, -0.15) is 0 Å². The van der Waals surface area contributed by atoms with Crippen LogP contribution < -0.4 is 0 Å². The first-order valence-corrected chi connectivity index (χ1v) is 8.13. The van der Waals surface area contributed by atoms with E-state index in [1.54, 1.807) is 0 Å². The number of benzene rings is 2. The van der Waals surface area contributed by atoms with Crippen LogP contribution in [0.25, 0.3) is 0 Å². The first-order chi connectivity index (χ1) is 10.3. The highest BCUT2D eigenvalue weighted by Crippen LogP contribution is 2.52. The van der Waals surface area contributed by atoms with Crippen molar-refractivity contribution < 1.29 is 5.11 Å². The minimum absolute atomic E-state index is 0.136. The van der Waals surface area contributed by atoms with Gasteiger partial charge in [0.25, 0.3) is 0 Å². The first kappa shape index (κ1) is 13.1. The molecule has 4 atom stereocenters. The number of fused-ring (bicyclic) bond motifs is 1. The third-order valence-electron chi connectivity index (χ3n) is 5.37. The minimum atomic E-state index is -0.136. The summed E-state index contributed by atoms with van der Waals surface area (Å²) < 4.78 is 0. The van der Waals surface area contributed by atoms with Gasteiger partial charge < -0.3 is 5.11 Å². The molecule has 2 aromatic rings. The van der Waals surface area contributed by atoms with E-state index in [0.29, 0.717) is 17.8 Å². The Morgan fingerprint density at radius 3 is 2.43 bits per heavy atom. The van der Waals surface area contributed by atoms with Crippen LogP contribution in [-0.4, -0.2) is 11.2 Å². The van der Waals surface area contributed by atoms with Crippen LogP contribution in [0.1, 0.15) is 35.4 Å². The van der Waals surface area contributed by atoms with Crippen LogP contribution in [0.15, 0.2) is 54.6 Å². The number of aliphatic hydroxyl groups is 1. The summed E-state index contributed by atoms with van der Waals surface area (Å²) >= 11 is 0. The Hall–Kier alpha value is -1.60. The third-order valence-corrected chi connectivity index (χ3v) is 5.37. The third kappa shape index (κ3) is 2.51. The largest absolute Gasteiger partial charge is 0.393 e. The van der Waals surface area contributed by atoms with Crippen LogP contribution in [0.2, 0.25) is 0 Å². The maximum atomic E-state index is 10.8. The molecule has 0 heterocycles. The maximum absolute atomic E-state index is 10.8. The molecule has 0 saturated heterocycles. The van der Waals surface area contributed by atoms with Crippen molar-refractivity contribution in [2.75, 3.05) is 0 Å². The molecule has 0 bridgehead atoms. The number of hydrogen-bond acceptors (Lipinski definition) is 1. The Morgan fingerprint density at radius 1 is 0.905 bits per heavy atom. The second-order valence-corrected chi connectivity index (χ2v) is 6.68. The second-order valence-electron chi connectivity index (χ2n) is 6.68. The van der Waals surface area contributed by atoms with Crippen LogP contribution in [0, 0.1) is 11.8 Å². The Bertz CT molecular complexity index is 619. The molecule has 2 aliphatic rings. The highest BCUT2D eigenvalue weighted by Gasteiger charge is 2.46. The molecule has 1 fully saturated rings. The summed E-state index contributed by atoms with van der Waals surface area (Å²) in [6, 6.07) is 19.4. The van der Waals surface area contributed by atoms with E-state index in [-0.39, 0.29) is 6.10 Å². The van der Waals surface area contributed by atoms with Gasteiger partial charge in [0.15, 0.2) is 0 Å². The van der Waals surface area contributed by atoms with E-state index in [1.807, 2.05) is 0 Å². The summed E-state index contributed by atoms with van der Waals surface area (Å²) in [5, 5.41) is 10.8. The van der Waals surface area contributed by atoms with Gasteiger partial charge in [0.2, 0.25) is 0 Å². The van der Waals surface area contributed by atoms with Crippen LogP contribution in [-0.2, 0) is 12.8 Å². The zero-order valence-corrected chi connectivity index (χ0v) is 12.3. The fourth-order valence-electron chi connectivity index (χ4n) is 4.04. The summed E-state index contributed by atoms with van der Waals surface area (Å²) in [6.45, 7) is 0. The predicted octanol–water partition coefficient (Wildman–Crippen LogP) is 3.96. The summed E-state index contributed by atoms with van der Waals surface area (Å²) in [5.74, 6) is 1.50. The van der Waals surface area contributed by atoms with Gasteiger partial charge >= 0.3 is 0 Å². The highest BCUT2D eigenvalue weighted by atomic mass is 16.3. The number of hydrogen-bond donors (Lipinski definition) is 1. The van der Waals surface area contributed by atoms with E-state index in [1.165, 1.54) is 16.7 Å². The number of aliphatic hydroxyl groups excluding tert-OH is 1. The summed E-state index contributed by atoms with van der Waals surface area (Å²) in [5.41, 5.74) is 4.33. The molecule has 1 nitrogen and oxygen atoms in total. The van der Waals surface area contributed by atoms with Crippen molar-refractivity contribution in [1.82, 2.24) is 0 Å². The summed E-state index contributed by atoms with van der Waals surface area (Å²) in [4.78, 5) is 0. The van der Waals surface area contributed by atoms with Gasteiger partial charge in [-0.05, 0) is 60.1 Å². The van der Waals surface area contributed by atoms with Crippen LogP contribution in [0.3, 0.4) is 0 Å². The quantitative estimate of drug-likeness (QED) is 0.901. The van der Waals surface area contributed by atoms with Gasteiger partial charge in [0.05, 0.1) is 6.10 Å². The lowest BCUT2D eigenvalue weighted by Crippen LogP contribution is -2.28. The van der Waals surface area contributed by atoms with E-state index in [9.17, 15) is 5.11 Å². The van der Waals surface area contributed by atoms with Crippen molar-refractivity contribution >= 4 is 0 Å². The number of rotatable bonds is 3. The van der Waals surface area contributed by atoms with E-state index < -0.39 is 0 Å². The molecule has 108 valence electrons. The molecule has 2 aliphatic carbocycles. The van der Waals surface area contributed by atoms with Crippen LogP contribution in [0.5, 0.6) is 0 Å². The topological polar surface area (TPSA) is 20.2 Å². The summed E-state index contributed by atoms with van der Waals surface area (Å²) in [7, 11) is 0. The average Bonchev–Trinajstić information content (AvgIpc) is 3.35. The molecule has 21 heavy (non-hydrogen) atoms.